The van der Waals surface area contributed by atoms with Gasteiger partial charge in [0, 0.05) is 24.8 Å². The molecule has 0 aliphatic rings. The molecule has 0 unspecified atom stereocenters. The molecule has 2 heterocycles. The minimum absolute atomic E-state index is 1.15. The minimum Gasteiger partial charge on any atom is -0.265 e. The highest BCUT2D eigenvalue weighted by molar-refractivity contribution is 5.53. The second-order valence-electron chi connectivity index (χ2n) is 5.43. The molecule has 0 fully saturated rings. The molecule has 0 aromatic carbocycles. The van der Waals surface area contributed by atoms with Crippen molar-refractivity contribution in [3.8, 4) is 0 Å². The van der Waals surface area contributed by atoms with Crippen molar-refractivity contribution in [2.45, 2.75) is 13.8 Å². The van der Waals surface area contributed by atoms with Crippen LogP contribution in [0.4, 0.5) is 0 Å². The van der Waals surface area contributed by atoms with E-state index in [9.17, 15) is 0 Å². The molecule has 0 atom stereocenters. The van der Waals surface area contributed by atoms with Gasteiger partial charge in [0.25, 0.3) is 0 Å². The van der Waals surface area contributed by atoms with Gasteiger partial charge in [-0.25, -0.2) is 0 Å². The van der Waals surface area contributed by atoms with E-state index < -0.39 is 0 Å². The Balaban J connectivity index is 1.88. The van der Waals surface area contributed by atoms with E-state index in [4.69, 9.17) is 0 Å². The van der Waals surface area contributed by atoms with Crippen LogP contribution in [0.1, 0.15) is 25.0 Å². The van der Waals surface area contributed by atoms with Gasteiger partial charge in [0.1, 0.15) is 0 Å². The van der Waals surface area contributed by atoms with Crippen molar-refractivity contribution < 1.29 is 0 Å². The number of hydrogen-bond acceptors (Lipinski definition) is 2. The van der Waals surface area contributed by atoms with Crippen LogP contribution in [0.5, 0.6) is 0 Å². The summed E-state index contributed by atoms with van der Waals surface area (Å²) in [4.78, 5) is 8.02. The molecule has 0 saturated heterocycles. The summed E-state index contributed by atoms with van der Waals surface area (Å²) in [5.41, 5.74) is 4.69. The van der Waals surface area contributed by atoms with Crippen LogP contribution in [0.2, 0.25) is 0 Å². The van der Waals surface area contributed by atoms with E-state index in [1.165, 1.54) is 11.1 Å². The first-order valence-corrected chi connectivity index (χ1v) is 7.92. The van der Waals surface area contributed by atoms with Crippen LogP contribution in [0.25, 0.3) is 12.2 Å². The van der Waals surface area contributed by atoms with E-state index in [0.29, 0.717) is 0 Å². The highest BCUT2D eigenvalue weighted by atomic mass is 14.6. The number of pyridine rings is 2. The summed E-state index contributed by atoms with van der Waals surface area (Å²) in [5.74, 6) is 0. The zero-order chi connectivity index (χ0) is 17.0. The Bertz CT molecular complexity index is 697. The summed E-state index contributed by atoms with van der Waals surface area (Å²) in [7, 11) is 0. The van der Waals surface area contributed by atoms with Gasteiger partial charge in [0.2, 0.25) is 0 Å². The lowest BCUT2D eigenvalue weighted by atomic mass is 10.2. The molecule has 0 aliphatic carbocycles. The second-order valence-corrected chi connectivity index (χ2v) is 5.43. The van der Waals surface area contributed by atoms with Gasteiger partial charge in [-0.1, -0.05) is 59.8 Å². The predicted molar refractivity (Wildman–Crippen MR) is 103 cm³/mol. The maximum absolute atomic E-state index is 4.01. The third-order valence-corrected chi connectivity index (χ3v) is 3.32. The van der Waals surface area contributed by atoms with Gasteiger partial charge in [-0.3, -0.25) is 9.97 Å². The molecule has 2 aromatic rings. The predicted octanol–water partition coefficient (Wildman–Crippen LogP) is 5.65. The molecule has 0 N–H and O–H groups in total. The summed E-state index contributed by atoms with van der Waals surface area (Å²) >= 11 is 0. The Hall–Kier alpha value is -3.00. The van der Waals surface area contributed by atoms with Crippen LogP contribution in [0, 0.1) is 0 Å². The van der Waals surface area contributed by atoms with Gasteiger partial charge < -0.3 is 0 Å². The summed E-state index contributed by atoms with van der Waals surface area (Å²) in [6.07, 6.45) is 23.8. The van der Waals surface area contributed by atoms with Crippen molar-refractivity contribution in [3.63, 3.8) is 0 Å². The number of allylic oxidation sites excluding steroid dienone is 8. The SMILES string of the molecule is CC(/C=C/c1ccncc1)=C\C=C\C=C(C)\C=C\c1ccncc1. The normalized spacial score (nSPS) is 13.4. The lowest BCUT2D eigenvalue weighted by molar-refractivity contribution is 1.32. The van der Waals surface area contributed by atoms with Gasteiger partial charge in [0.05, 0.1) is 0 Å². The summed E-state index contributed by atoms with van der Waals surface area (Å²) in [6, 6.07) is 7.95. The molecule has 0 aliphatic heterocycles. The average Bonchev–Trinajstić information content (AvgIpc) is 2.63. The Morgan fingerprint density at radius 1 is 0.667 bits per heavy atom. The fourth-order valence-electron chi connectivity index (χ4n) is 1.93. The van der Waals surface area contributed by atoms with Crippen LogP contribution in [-0.2, 0) is 0 Å². The fraction of sp³-hybridized carbons (Fsp3) is 0.0909. The smallest absolute Gasteiger partial charge is 0.0273 e. The van der Waals surface area contributed by atoms with Crippen LogP contribution < -0.4 is 0 Å². The second kappa shape index (κ2) is 9.90. The van der Waals surface area contributed by atoms with Gasteiger partial charge in [-0.15, -0.1) is 0 Å². The van der Waals surface area contributed by atoms with E-state index in [1.54, 1.807) is 24.8 Å². The Kier molecular flexibility index (Phi) is 7.16. The lowest BCUT2D eigenvalue weighted by Gasteiger charge is -1.92. The average molecular weight is 314 g/mol. The van der Waals surface area contributed by atoms with E-state index in [0.717, 1.165) is 11.1 Å². The summed E-state index contributed by atoms with van der Waals surface area (Å²) in [5, 5.41) is 0. The van der Waals surface area contributed by atoms with Gasteiger partial charge in [0.15, 0.2) is 0 Å². The van der Waals surface area contributed by atoms with Crippen molar-refractivity contribution in [2.24, 2.45) is 0 Å². The minimum atomic E-state index is 1.15. The Morgan fingerprint density at radius 3 is 1.42 bits per heavy atom. The first kappa shape index (κ1) is 17.4. The summed E-state index contributed by atoms with van der Waals surface area (Å²) < 4.78 is 0. The Morgan fingerprint density at radius 2 is 1.04 bits per heavy atom. The molecule has 2 heteroatoms. The number of nitrogens with zero attached hydrogens (tertiary/aromatic N) is 2. The maximum atomic E-state index is 4.01. The van der Waals surface area contributed by atoms with Crippen molar-refractivity contribution in [1.29, 1.82) is 0 Å². The first-order chi connectivity index (χ1) is 11.7. The highest BCUT2D eigenvalue weighted by Crippen LogP contribution is 2.05. The molecule has 24 heavy (non-hydrogen) atoms. The van der Waals surface area contributed by atoms with Crippen LogP contribution in [0.15, 0.2) is 96.7 Å². The van der Waals surface area contributed by atoms with Crippen LogP contribution >= 0.6 is 0 Å². The Labute approximate surface area is 144 Å². The molecular formula is C22H22N2. The molecule has 0 amide bonds. The third-order valence-electron chi connectivity index (χ3n) is 3.32. The monoisotopic (exact) mass is 314 g/mol. The number of aromatic nitrogens is 2. The van der Waals surface area contributed by atoms with Crippen LogP contribution in [-0.4, -0.2) is 9.97 Å². The molecule has 0 bridgehead atoms. The molecule has 2 nitrogen and oxygen atoms in total. The number of hydrogen-bond donors (Lipinski definition) is 0. The molecule has 0 saturated carbocycles. The van der Waals surface area contributed by atoms with Crippen molar-refractivity contribution in [3.05, 3.63) is 108 Å². The van der Waals surface area contributed by atoms with Gasteiger partial charge in [-0.05, 0) is 49.2 Å². The topological polar surface area (TPSA) is 25.8 Å². The largest absolute Gasteiger partial charge is 0.265 e. The molecule has 120 valence electrons. The molecule has 2 aromatic heterocycles. The van der Waals surface area contributed by atoms with Crippen molar-refractivity contribution in [2.75, 3.05) is 0 Å². The fourth-order valence-corrected chi connectivity index (χ4v) is 1.93. The standard InChI is InChI=1S/C22H22N2/c1-19(7-9-21-11-15-23-16-12-21)5-3-4-6-20(2)8-10-22-13-17-24-18-14-22/h3-18H,1-2H3/b4-3+,9-7+,10-8+,19-5+,20-6+. The molecule has 0 spiro atoms. The van der Waals surface area contributed by atoms with Gasteiger partial charge >= 0.3 is 0 Å². The van der Waals surface area contributed by atoms with Gasteiger partial charge in [-0.2, -0.15) is 0 Å². The molecule has 2 rings (SSSR count). The number of rotatable bonds is 6. The maximum Gasteiger partial charge on any atom is 0.0273 e. The van der Waals surface area contributed by atoms with E-state index >= 15 is 0 Å². The quantitative estimate of drug-likeness (QED) is 0.644. The van der Waals surface area contributed by atoms with E-state index in [1.807, 2.05) is 24.3 Å². The van der Waals surface area contributed by atoms with E-state index in [2.05, 4.69) is 72.4 Å². The van der Waals surface area contributed by atoms with Crippen molar-refractivity contribution in [1.82, 2.24) is 9.97 Å². The first-order valence-electron chi connectivity index (χ1n) is 7.92. The lowest BCUT2D eigenvalue weighted by Crippen LogP contribution is -1.73. The zero-order valence-corrected chi connectivity index (χ0v) is 14.1. The van der Waals surface area contributed by atoms with Crippen molar-refractivity contribution >= 4 is 12.2 Å². The summed E-state index contributed by atoms with van der Waals surface area (Å²) in [6.45, 7) is 4.17. The zero-order valence-electron chi connectivity index (χ0n) is 14.1. The molecular weight excluding hydrogens is 292 g/mol. The molecule has 0 radical (unpaired) electrons. The van der Waals surface area contributed by atoms with E-state index in [-0.39, 0.29) is 0 Å². The third kappa shape index (κ3) is 6.84. The van der Waals surface area contributed by atoms with Crippen LogP contribution in [0.3, 0.4) is 0 Å². The highest BCUT2D eigenvalue weighted by Gasteiger charge is 1.85.